The summed E-state index contributed by atoms with van der Waals surface area (Å²) >= 11 is 0. The Bertz CT molecular complexity index is 610. The molecule has 0 bridgehead atoms. The lowest BCUT2D eigenvalue weighted by Crippen LogP contribution is -2.11. The second kappa shape index (κ2) is 6.13. The van der Waals surface area contributed by atoms with Crippen molar-refractivity contribution in [1.82, 2.24) is 15.5 Å². The molecule has 0 unspecified atom stereocenters. The molecule has 1 aromatic carbocycles. The lowest BCUT2D eigenvalue weighted by molar-refractivity contribution is -0.138. The van der Waals surface area contributed by atoms with Crippen molar-refractivity contribution in [2.75, 3.05) is 11.9 Å². The molecular formula is C13H15F3N4O. The first-order chi connectivity index (χ1) is 9.90. The van der Waals surface area contributed by atoms with Gasteiger partial charge in [0.15, 0.2) is 0 Å². The highest BCUT2D eigenvalue weighted by Crippen LogP contribution is 2.33. The Kier molecular flexibility index (Phi) is 4.46. The van der Waals surface area contributed by atoms with Gasteiger partial charge < -0.3 is 15.1 Å². The molecule has 1 aromatic heterocycles. The molecule has 0 saturated heterocycles. The average Bonchev–Trinajstić information content (AvgIpc) is 2.85. The molecule has 0 aliphatic heterocycles. The Labute approximate surface area is 119 Å². The maximum absolute atomic E-state index is 12.8. The molecule has 0 amide bonds. The fourth-order valence-electron chi connectivity index (χ4n) is 1.74. The topological polar surface area (TPSA) is 63.0 Å². The van der Waals surface area contributed by atoms with Crippen LogP contribution in [0, 0.1) is 6.92 Å². The summed E-state index contributed by atoms with van der Waals surface area (Å²) in [4.78, 5) is 0. The van der Waals surface area contributed by atoms with Gasteiger partial charge in [-0.1, -0.05) is 18.1 Å². The Morgan fingerprint density at radius 2 is 2.00 bits per heavy atom. The zero-order chi connectivity index (χ0) is 15.5. The predicted octanol–water partition coefficient (Wildman–Crippen LogP) is 3.25. The van der Waals surface area contributed by atoms with Crippen LogP contribution in [0.15, 0.2) is 22.6 Å². The maximum atomic E-state index is 12.8. The second-order valence-electron chi connectivity index (χ2n) is 4.43. The van der Waals surface area contributed by atoms with Gasteiger partial charge in [0.25, 0.3) is 0 Å². The van der Waals surface area contributed by atoms with Crippen LogP contribution >= 0.6 is 0 Å². The molecule has 0 saturated carbocycles. The van der Waals surface area contributed by atoms with Gasteiger partial charge in [0, 0.05) is 5.69 Å². The van der Waals surface area contributed by atoms with Crippen molar-refractivity contribution in [3.8, 4) is 0 Å². The van der Waals surface area contributed by atoms with Crippen LogP contribution in [0.2, 0.25) is 0 Å². The standard InChI is InChI=1S/C13H15F3N4O/c1-3-17-7-11-19-20-12(21-11)18-9-5-4-8(2)10(6-9)13(14,15)16/h4-6,17H,3,7H2,1-2H3,(H,18,20). The summed E-state index contributed by atoms with van der Waals surface area (Å²) in [6, 6.07) is 3.99. The van der Waals surface area contributed by atoms with Gasteiger partial charge in [-0.3, -0.25) is 0 Å². The highest BCUT2D eigenvalue weighted by Gasteiger charge is 2.32. The lowest BCUT2D eigenvalue weighted by atomic mass is 10.1. The van der Waals surface area contributed by atoms with Crippen LogP contribution < -0.4 is 10.6 Å². The zero-order valence-corrected chi connectivity index (χ0v) is 11.6. The number of hydrogen-bond donors (Lipinski definition) is 2. The van der Waals surface area contributed by atoms with Crippen molar-refractivity contribution in [3.63, 3.8) is 0 Å². The summed E-state index contributed by atoms with van der Waals surface area (Å²) in [5, 5.41) is 13.2. The molecule has 2 rings (SSSR count). The third-order valence-corrected chi connectivity index (χ3v) is 2.79. The van der Waals surface area contributed by atoms with Crippen molar-refractivity contribution in [3.05, 3.63) is 35.2 Å². The minimum Gasteiger partial charge on any atom is -0.406 e. The van der Waals surface area contributed by atoms with E-state index >= 15 is 0 Å². The monoisotopic (exact) mass is 300 g/mol. The van der Waals surface area contributed by atoms with Gasteiger partial charge in [-0.2, -0.15) is 13.2 Å². The van der Waals surface area contributed by atoms with Crippen molar-refractivity contribution in [2.45, 2.75) is 26.6 Å². The molecule has 0 aliphatic rings. The fourth-order valence-corrected chi connectivity index (χ4v) is 1.74. The van der Waals surface area contributed by atoms with E-state index in [-0.39, 0.29) is 17.3 Å². The lowest BCUT2D eigenvalue weighted by Gasteiger charge is -2.11. The van der Waals surface area contributed by atoms with Gasteiger partial charge in [0.05, 0.1) is 12.1 Å². The Morgan fingerprint density at radius 1 is 1.24 bits per heavy atom. The van der Waals surface area contributed by atoms with Crippen molar-refractivity contribution >= 4 is 11.7 Å². The molecule has 2 N–H and O–H groups in total. The minimum absolute atomic E-state index is 0.0554. The number of hydrogen-bond acceptors (Lipinski definition) is 5. The van der Waals surface area contributed by atoms with Crippen LogP contribution in [0.1, 0.15) is 23.9 Å². The predicted molar refractivity (Wildman–Crippen MR) is 71.1 cm³/mol. The molecule has 1 heterocycles. The van der Waals surface area contributed by atoms with E-state index in [2.05, 4.69) is 20.8 Å². The Morgan fingerprint density at radius 3 is 2.67 bits per heavy atom. The summed E-state index contributed by atoms with van der Waals surface area (Å²) in [7, 11) is 0. The van der Waals surface area contributed by atoms with E-state index in [0.29, 0.717) is 12.4 Å². The summed E-state index contributed by atoms with van der Waals surface area (Å²) in [5.74, 6) is 0.363. The van der Waals surface area contributed by atoms with Gasteiger partial charge in [0.1, 0.15) is 0 Å². The molecule has 0 atom stereocenters. The number of benzene rings is 1. The minimum atomic E-state index is -4.40. The first-order valence-electron chi connectivity index (χ1n) is 6.38. The van der Waals surface area contributed by atoms with Gasteiger partial charge >= 0.3 is 12.2 Å². The number of alkyl halides is 3. The first kappa shape index (κ1) is 15.3. The van der Waals surface area contributed by atoms with Crippen LogP contribution in [0.4, 0.5) is 24.9 Å². The summed E-state index contributed by atoms with van der Waals surface area (Å²) in [5.41, 5.74) is -0.294. The van der Waals surface area contributed by atoms with E-state index in [1.54, 1.807) is 0 Å². The van der Waals surface area contributed by atoms with Crippen molar-refractivity contribution in [1.29, 1.82) is 0 Å². The zero-order valence-electron chi connectivity index (χ0n) is 11.6. The van der Waals surface area contributed by atoms with Gasteiger partial charge in [-0.25, -0.2) is 0 Å². The average molecular weight is 300 g/mol. The molecule has 0 spiro atoms. The third kappa shape index (κ3) is 3.94. The number of nitrogens with zero attached hydrogens (tertiary/aromatic N) is 2. The second-order valence-corrected chi connectivity index (χ2v) is 4.43. The molecule has 21 heavy (non-hydrogen) atoms. The first-order valence-corrected chi connectivity index (χ1v) is 6.38. The van der Waals surface area contributed by atoms with Gasteiger partial charge in [0.2, 0.25) is 5.89 Å². The highest BCUT2D eigenvalue weighted by atomic mass is 19.4. The van der Waals surface area contributed by atoms with Crippen molar-refractivity contribution < 1.29 is 17.6 Å². The number of nitrogens with one attached hydrogen (secondary N) is 2. The van der Waals surface area contributed by atoms with Crippen LogP contribution in [0.5, 0.6) is 0 Å². The summed E-state index contributed by atoms with van der Waals surface area (Å²) < 4.78 is 43.7. The molecular weight excluding hydrogens is 285 g/mol. The summed E-state index contributed by atoms with van der Waals surface area (Å²) in [6.45, 7) is 4.50. The third-order valence-electron chi connectivity index (χ3n) is 2.79. The van der Waals surface area contributed by atoms with E-state index in [4.69, 9.17) is 4.42 Å². The fraction of sp³-hybridized carbons (Fsp3) is 0.385. The van der Waals surface area contributed by atoms with Gasteiger partial charge in [-0.15, -0.1) is 5.10 Å². The molecule has 0 fully saturated rings. The number of aryl methyl sites for hydroxylation is 1. The SMILES string of the molecule is CCNCc1nnc(Nc2ccc(C)c(C(F)(F)F)c2)o1. The molecule has 2 aromatic rings. The van der Waals surface area contributed by atoms with Crippen LogP contribution in [0.25, 0.3) is 0 Å². The van der Waals surface area contributed by atoms with E-state index in [0.717, 1.165) is 12.6 Å². The van der Waals surface area contributed by atoms with E-state index < -0.39 is 11.7 Å². The molecule has 0 radical (unpaired) electrons. The van der Waals surface area contributed by atoms with E-state index in [1.165, 1.54) is 19.1 Å². The van der Waals surface area contributed by atoms with E-state index in [9.17, 15) is 13.2 Å². The van der Waals surface area contributed by atoms with Crippen LogP contribution in [-0.4, -0.2) is 16.7 Å². The molecule has 114 valence electrons. The highest BCUT2D eigenvalue weighted by molar-refractivity contribution is 5.55. The number of anilines is 2. The smallest absolute Gasteiger partial charge is 0.406 e. The maximum Gasteiger partial charge on any atom is 0.416 e. The normalized spacial score (nSPS) is 11.7. The van der Waals surface area contributed by atoms with Gasteiger partial charge in [-0.05, 0) is 31.2 Å². The summed E-state index contributed by atoms with van der Waals surface area (Å²) in [6.07, 6.45) is -4.40. The quantitative estimate of drug-likeness (QED) is 0.887. The number of halogens is 3. The number of aromatic nitrogens is 2. The van der Waals surface area contributed by atoms with Crippen LogP contribution in [0.3, 0.4) is 0 Å². The number of rotatable bonds is 5. The van der Waals surface area contributed by atoms with Crippen molar-refractivity contribution in [2.24, 2.45) is 0 Å². The molecule has 5 nitrogen and oxygen atoms in total. The molecule has 0 aliphatic carbocycles. The Hall–Kier alpha value is -2.09. The van der Waals surface area contributed by atoms with E-state index in [1.807, 2.05) is 6.92 Å². The Balaban J connectivity index is 2.14. The largest absolute Gasteiger partial charge is 0.416 e. The van der Waals surface area contributed by atoms with Crippen LogP contribution in [-0.2, 0) is 12.7 Å². The molecule has 8 heteroatoms.